The van der Waals surface area contributed by atoms with Crippen molar-refractivity contribution in [3.05, 3.63) is 35.4 Å². The van der Waals surface area contributed by atoms with E-state index in [0.717, 1.165) is 0 Å². The first-order valence-corrected chi connectivity index (χ1v) is 8.62. The molecule has 1 aliphatic rings. The summed E-state index contributed by atoms with van der Waals surface area (Å²) in [5, 5.41) is 0. The molecule has 0 N–H and O–H groups in total. The molecule has 2 rings (SSSR count). The molecule has 0 aromatic heterocycles. The number of hydrogen-bond acceptors (Lipinski definition) is 1. The van der Waals surface area contributed by atoms with Crippen LogP contribution in [0.4, 0.5) is 0 Å². The van der Waals surface area contributed by atoms with Crippen molar-refractivity contribution in [3.63, 3.8) is 0 Å². The molecular weight excluding hydrogens is 242 g/mol. The van der Waals surface area contributed by atoms with E-state index in [2.05, 4.69) is 36.1 Å². The van der Waals surface area contributed by atoms with Gasteiger partial charge in [0.05, 0.1) is 0 Å². The van der Waals surface area contributed by atoms with Gasteiger partial charge < -0.3 is 4.90 Å². The number of aryl methyl sites for hydroxylation is 1. The molecule has 1 aromatic carbocycles. The lowest BCUT2D eigenvalue weighted by molar-refractivity contribution is 0.266. The van der Waals surface area contributed by atoms with Gasteiger partial charge in [0, 0.05) is 6.54 Å². The third-order valence-corrected chi connectivity index (χ3v) is 4.54. The van der Waals surface area contributed by atoms with Crippen LogP contribution in [0.5, 0.6) is 0 Å². The number of benzene rings is 1. The quantitative estimate of drug-likeness (QED) is 0.751. The predicted molar refractivity (Wildman–Crippen MR) is 88.3 cm³/mol. The highest BCUT2D eigenvalue weighted by molar-refractivity contribution is 5.21. The summed E-state index contributed by atoms with van der Waals surface area (Å²) in [7, 11) is 0. The van der Waals surface area contributed by atoms with Gasteiger partial charge in [0.1, 0.15) is 0 Å². The maximum atomic E-state index is 2.70. The van der Waals surface area contributed by atoms with Crippen LogP contribution in [-0.2, 0) is 6.42 Å². The van der Waals surface area contributed by atoms with Crippen molar-refractivity contribution in [1.82, 2.24) is 4.90 Å². The predicted octanol–water partition coefficient (Wildman–Crippen LogP) is 4.97. The van der Waals surface area contributed by atoms with Crippen LogP contribution in [0.2, 0.25) is 0 Å². The lowest BCUT2D eigenvalue weighted by Gasteiger charge is -2.22. The molecule has 0 saturated carbocycles. The molecular formula is C19H31N. The van der Waals surface area contributed by atoms with Crippen LogP contribution in [0.15, 0.2) is 24.3 Å². The average molecular weight is 273 g/mol. The highest BCUT2D eigenvalue weighted by Crippen LogP contribution is 2.13. The minimum atomic E-state index is 1.21. The second-order valence-corrected chi connectivity index (χ2v) is 6.41. The summed E-state index contributed by atoms with van der Waals surface area (Å²) in [5.74, 6) is 0. The highest BCUT2D eigenvalue weighted by Gasteiger charge is 2.06. The fourth-order valence-corrected chi connectivity index (χ4v) is 3.11. The second-order valence-electron chi connectivity index (χ2n) is 6.41. The van der Waals surface area contributed by atoms with E-state index in [4.69, 9.17) is 0 Å². The molecule has 1 heterocycles. The van der Waals surface area contributed by atoms with E-state index in [-0.39, 0.29) is 0 Å². The summed E-state index contributed by atoms with van der Waals surface area (Å²) in [5.41, 5.74) is 2.86. The summed E-state index contributed by atoms with van der Waals surface area (Å²) in [6.45, 7) is 6.03. The Kier molecular flexibility index (Phi) is 7.14. The van der Waals surface area contributed by atoms with Gasteiger partial charge in [0.2, 0.25) is 0 Å². The van der Waals surface area contributed by atoms with Crippen molar-refractivity contribution in [2.45, 2.75) is 64.7 Å². The first-order chi connectivity index (χ1) is 9.84. The summed E-state index contributed by atoms with van der Waals surface area (Å²) >= 11 is 0. The van der Waals surface area contributed by atoms with Gasteiger partial charge in [-0.15, -0.1) is 0 Å². The molecule has 1 saturated heterocycles. The topological polar surface area (TPSA) is 3.24 Å². The van der Waals surface area contributed by atoms with E-state index < -0.39 is 0 Å². The summed E-state index contributed by atoms with van der Waals surface area (Å²) in [4.78, 5) is 2.70. The van der Waals surface area contributed by atoms with Gasteiger partial charge in [-0.2, -0.15) is 0 Å². The van der Waals surface area contributed by atoms with Crippen LogP contribution in [0.3, 0.4) is 0 Å². The normalized spacial score (nSPS) is 19.4. The number of nitrogens with zero attached hydrogens (tertiary/aromatic N) is 1. The lowest BCUT2D eigenvalue weighted by atomic mass is 10.1. The minimum absolute atomic E-state index is 1.21. The van der Waals surface area contributed by atoms with Gasteiger partial charge in [-0.1, -0.05) is 68.4 Å². The van der Waals surface area contributed by atoms with Crippen molar-refractivity contribution in [1.29, 1.82) is 0 Å². The molecule has 0 amide bonds. The zero-order chi connectivity index (χ0) is 14.0. The molecule has 0 unspecified atom stereocenters. The zero-order valence-electron chi connectivity index (χ0n) is 13.2. The fourth-order valence-electron chi connectivity index (χ4n) is 3.11. The van der Waals surface area contributed by atoms with Crippen LogP contribution in [0.25, 0.3) is 0 Å². The van der Waals surface area contributed by atoms with E-state index >= 15 is 0 Å². The van der Waals surface area contributed by atoms with Crippen LogP contribution < -0.4 is 0 Å². The molecule has 20 heavy (non-hydrogen) atoms. The van der Waals surface area contributed by atoms with Gasteiger partial charge in [-0.3, -0.25) is 0 Å². The standard InChI is InChI=1S/C19H31N/c1-18-10-12-19(13-11-18)14-17-20-15-8-6-4-2-3-5-7-9-16-20/h10-13H,2-9,14-17H2,1H3. The van der Waals surface area contributed by atoms with Gasteiger partial charge >= 0.3 is 0 Å². The SMILES string of the molecule is Cc1ccc(CCN2CCCCCCCCCC2)cc1. The molecule has 1 nitrogen and oxygen atoms in total. The molecule has 1 fully saturated rings. The van der Waals surface area contributed by atoms with Crippen molar-refractivity contribution in [3.8, 4) is 0 Å². The molecule has 0 radical (unpaired) electrons. The molecule has 0 atom stereocenters. The van der Waals surface area contributed by atoms with E-state index in [1.54, 1.807) is 0 Å². The van der Waals surface area contributed by atoms with Crippen molar-refractivity contribution in [2.75, 3.05) is 19.6 Å². The summed E-state index contributed by atoms with van der Waals surface area (Å²) in [6.07, 6.45) is 12.7. The molecule has 1 aromatic rings. The zero-order valence-corrected chi connectivity index (χ0v) is 13.2. The number of rotatable bonds is 3. The first-order valence-electron chi connectivity index (χ1n) is 8.62. The van der Waals surface area contributed by atoms with E-state index in [9.17, 15) is 0 Å². The molecule has 0 spiro atoms. The Morgan fingerprint density at radius 2 is 1.25 bits per heavy atom. The maximum absolute atomic E-state index is 2.70. The Labute approximate surface area is 125 Å². The average Bonchev–Trinajstić information content (AvgIpc) is 2.52. The van der Waals surface area contributed by atoms with Crippen LogP contribution >= 0.6 is 0 Å². The summed E-state index contributed by atoms with van der Waals surface area (Å²) < 4.78 is 0. The monoisotopic (exact) mass is 273 g/mol. The third kappa shape index (κ3) is 6.09. The molecule has 1 heteroatoms. The fraction of sp³-hybridized carbons (Fsp3) is 0.684. The van der Waals surface area contributed by atoms with E-state index in [1.807, 2.05) is 0 Å². The Balaban J connectivity index is 1.77. The molecule has 0 bridgehead atoms. The van der Waals surface area contributed by atoms with Gasteiger partial charge in [-0.05, 0) is 44.8 Å². The second kappa shape index (κ2) is 9.18. The van der Waals surface area contributed by atoms with Crippen molar-refractivity contribution >= 4 is 0 Å². The van der Waals surface area contributed by atoms with Gasteiger partial charge in [0.25, 0.3) is 0 Å². The molecule has 1 aliphatic heterocycles. The summed E-state index contributed by atoms with van der Waals surface area (Å²) in [6, 6.07) is 9.06. The van der Waals surface area contributed by atoms with Gasteiger partial charge in [-0.25, -0.2) is 0 Å². The van der Waals surface area contributed by atoms with E-state index in [0.29, 0.717) is 0 Å². The largest absolute Gasteiger partial charge is 0.303 e. The Bertz CT molecular complexity index is 343. The third-order valence-electron chi connectivity index (χ3n) is 4.54. The van der Waals surface area contributed by atoms with Gasteiger partial charge in [0.15, 0.2) is 0 Å². The van der Waals surface area contributed by atoms with Crippen LogP contribution in [-0.4, -0.2) is 24.5 Å². The smallest absolute Gasteiger partial charge is 0.00218 e. The first kappa shape index (κ1) is 15.6. The van der Waals surface area contributed by atoms with Crippen molar-refractivity contribution in [2.24, 2.45) is 0 Å². The highest BCUT2D eigenvalue weighted by atomic mass is 15.1. The van der Waals surface area contributed by atoms with E-state index in [1.165, 1.54) is 88.5 Å². The Morgan fingerprint density at radius 1 is 0.750 bits per heavy atom. The van der Waals surface area contributed by atoms with Crippen LogP contribution in [0, 0.1) is 6.92 Å². The molecule has 0 aliphatic carbocycles. The Morgan fingerprint density at radius 3 is 1.80 bits per heavy atom. The van der Waals surface area contributed by atoms with Crippen LogP contribution in [0.1, 0.15) is 62.5 Å². The maximum Gasteiger partial charge on any atom is 0.00218 e. The van der Waals surface area contributed by atoms with Crippen molar-refractivity contribution < 1.29 is 0 Å². The molecule has 112 valence electrons. The minimum Gasteiger partial charge on any atom is -0.303 e. The Hall–Kier alpha value is -0.820. The lowest BCUT2D eigenvalue weighted by Crippen LogP contribution is -2.28. The number of hydrogen-bond donors (Lipinski definition) is 0.